The first kappa shape index (κ1) is 16.2. The minimum atomic E-state index is -3.95. The number of benzene rings is 1. The predicted octanol–water partition coefficient (Wildman–Crippen LogP) is 1.14. The lowest BCUT2D eigenvalue weighted by molar-refractivity contribution is 0.0642. The van der Waals surface area contributed by atoms with Gasteiger partial charge < -0.3 is 10.1 Å². The van der Waals surface area contributed by atoms with Crippen molar-refractivity contribution in [3.05, 3.63) is 28.8 Å². The van der Waals surface area contributed by atoms with Crippen LogP contribution in [0.4, 0.5) is 0 Å². The minimum absolute atomic E-state index is 0.00141. The van der Waals surface area contributed by atoms with Crippen LogP contribution in [0.15, 0.2) is 23.1 Å². The summed E-state index contributed by atoms with van der Waals surface area (Å²) in [6, 6.07) is 4.01. The van der Waals surface area contributed by atoms with Gasteiger partial charge in [0, 0.05) is 25.3 Å². The summed E-state index contributed by atoms with van der Waals surface area (Å²) in [4.78, 5) is 11.8. The van der Waals surface area contributed by atoms with Crippen LogP contribution in [0.2, 0.25) is 5.02 Å². The Morgan fingerprint density at radius 3 is 2.67 bits per heavy atom. The van der Waals surface area contributed by atoms with Gasteiger partial charge in [-0.05, 0) is 37.0 Å². The van der Waals surface area contributed by atoms with Gasteiger partial charge in [0.1, 0.15) is 4.90 Å². The standard InChI is InChI=1S/C13H17ClN2O4S/c14-11-2-1-10(7-12(11)21(15,18)19)13(17)16-8-9-3-5-20-6-4-9/h1-2,7,9H,3-6,8H2,(H,16,17)(H2,15,18,19). The van der Waals surface area contributed by atoms with Crippen LogP contribution in [0.1, 0.15) is 23.2 Å². The van der Waals surface area contributed by atoms with Crippen molar-refractivity contribution in [2.75, 3.05) is 19.8 Å². The summed E-state index contributed by atoms with van der Waals surface area (Å²) in [7, 11) is -3.95. The molecule has 0 bridgehead atoms. The highest BCUT2D eigenvalue weighted by molar-refractivity contribution is 7.89. The SMILES string of the molecule is NS(=O)(=O)c1cc(C(=O)NCC2CCOCC2)ccc1Cl. The zero-order valence-corrected chi connectivity index (χ0v) is 12.9. The Kier molecular flexibility index (Phi) is 5.21. The van der Waals surface area contributed by atoms with E-state index in [0.29, 0.717) is 25.7 Å². The number of hydrogen-bond donors (Lipinski definition) is 2. The van der Waals surface area contributed by atoms with Crippen LogP contribution in [-0.4, -0.2) is 34.1 Å². The Bertz CT molecular complexity index is 627. The van der Waals surface area contributed by atoms with Crippen molar-refractivity contribution >= 4 is 27.5 Å². The summed E-state index contributed by atoms with van der Waals surface area (Å²) in [6.45, 7) is 1.95. The number of carbonyl (C=O) groups excluding carboxylic acids is 1. The number of ether oxygens (including phenoxy) is 1. The Labute approximate surface area is 128 Å². The second-order valence-corrected chi connectivity index (χ2v) is 6.89. The van der Waals surface area contributed by atoms with Gasteiger partial charge in [0.05, 0.1) is 5.02 Å². The zero-order chi connectivity index (χ0) is 15.5. The molecule has 0 spiro atoms. The first-order valence-corrected chi connectivity index (χ1v) is 8.48. The van der Waals surface area contributed by atoms with Gasteiger partial charge in [0.25, 0.3) is 5.91 Å². The highest BCUT2D eigenvalue weighted by Crippen LogP contribution is 2.21. The summed E-state index contributed by atoms with van der Waals surface area (Å²) in [5.41, 5.74) is 0.218. The van der Waals surface area contributed by atoms with E-state index < -0.39 is 10.0 Å². The Morgan fingerprint density at radius 1 is 1.38 bits per heavy atom. The van der Waals surface area contributed by atoms with Crippen molar-refractivity contribution in [3.8, 4) is 0 Å². The number of carbonyl (C=O) groups is 1. The maximum atomic E-state index is 12.1. The predicted molar refractivity (Wildman–Crippen MR) is 78.7 cm³/mol. The molecule has 6 nitrogen and oxygen atoms in total. The summed E-state index contributed by atoms with van der Waals surface area (Å²) in [5, 5.41) is 7.85. The van der Waals surface area contributed by atoms with E-state index >= 15 is 0 Å². The van der Waals surface area contributed by atoms with Gasteiger partial charge in [-0.3, -0.25) is 4.79 Å². The van der Waals surface area contributed by atoms with E-state index in [2.05, 4.69) is 5.32 Å². The van der Waals surface area contributed by atoms with E-state index in [-0.39, 0.29) is 21.4 Å². The van der Waals surface area contributed by atoms with Crippen molar-refractivity contribution in [2.45, 2.75) is 17.7 Å². The van der Waals surface area contributed by atoms with Crippen LogP contribution in [0.25, 0.3) is 0 Å². The topological polar surface area (TPSA) is 98.5 Å². The normalized spacial score (nSPS) is 16.7. The van der Waals surface area contributed by atoms with Crippen molar-refractivity contribution in [1.29, 1.82) is 0 Å². The highest BCUT2D eigenvalue weighted by Gasteiger charge is 2.18. The summed E-state index contributed by atoms with van der Waals surface area (Å²) in [5.74, 6) is 0.0378. The summed E-state index contributed by atoms with van der Waals surface area (Å²) in [6.07, 6.45) is 1.81. The molecule has 116 valence electrons. The van der Waals surface area contributed by atoms with E-state index in [1.54, 1.807) is 0 Å². The second-order valence-electron chi connectivity index (χ2n) is 4.96. The van der Waals surface area contributed by atoms with E-state index in [4.69, 9.17) is 21.5 Å². The zero-order valence-electron chi connectivity index (χ0n) is 11.3. The van der Waals surface area contributed by atoms with Crippen molar-refractivity contribution < 1.29 is 17.9 Å². The van der Waals surface area contributed by atoms with Gasteiger partial charge >= 0.3 is 0 Å². The maximum absolute atomic E-state index is 12.1. The molecule has 1 fully saturated rings. The molecule has 1 amide bonds. The van der Waals surface area contributed by atoms with Gasteiger partial charge in [-0.15, -0.1) is 0 Å². The molecule has 0 aromatic heterocycles. The number of hydrogen-bond acceptors (Lipinski definition) is 4. The van der Waals surface area contributed by atoms with Crippen molar-refractivity contribution in [2.24, 2.45) is 11.1 Å². The van der Waals surface area contributed by atoms with Crippen LogP contribution < -0.4 is 10.5 Å². The van der Waals surface area contributed by atoms with Gasteiger partial charge in [-0.1, -0.05) is 11.6 Å². The fraction of sp³-hybridized carbons (Fsp3) is 0.462. The number of nitrogens with one attached hydrogen (secondary N) is 1. The molecule has 1 aliphatic heterocycles. The monoisotopic (exact) mass is 332 g/mol. The quantitative estimate of drug-likeness (QED) is 0.863. The third kappa shape index (κ3) is 4.41. The molecule has 1 aromatic rings. The number of sulfonamides is 1. The highest BCUT2D eigenvalue weighted by atomic mass is 35.5. The molecule has 1 heterocycles. The lowest BCUT2D eigenvalue weighted by atomic mass is 10.0. The molecule has 1 aromatic carbocycles. The van der Waals surface area contributed by atoms with Gasteiger partial charge in [-0.25, -0.2) is 13.6 Å². The summed E-state index contributed by atoms with van der Waals surface area (Å²) < 4.78 is 28.0. The third-order valence-corrected chi connectivity index (χ3v) is 4.78. The van der Waals surface area contributed by atoms with E-state index in [1.165, 1.54) is 18.2 Å². The van der Waals surface area contributed by atoms with E-state index in [1.807, 2.05) is 0 Å². The number of halogens is 1. The van der Waals surface area contributed by atoms with Crippen LogP contribution in [0, 0.1) is 5.92 Å². The Hall–Kier alpha value is -1.15. The smallest absolute Gasteiger partial charge is 0.251 e. The number of primary sulfonamides is 1. The van der Waals surface area contributed by atoms with Crippen molar-refractivity contribution in [1.82, 2.24) is 5.32 Å². The van der Waals surface area contributed by atoms with E-state index in [0.717, 1.165) is 12.8 Å². The first-order valence-electron chi connectivity index (χ1n) is 6.56. The largest absolute Gasteiger partial charge is 0.381 e. The molecule has 3 N–H and O–H groups in total. The summed E-state index contributed by atoms with van der Waals surface area (Å²) >= 11 is 5.78. The molecule has 0 radical (unpaired) electrons. The minimum Gasteiger partial charge on any atom is -0.381 e. The third-order valence-electron chi connectivity index (χ3n) is 3.39. The average molecular weight is 333 g/mol. The van der Waals surface area contributed by atoms with Crippen LogP contribution in [0.5, 0.6) is 0 Å². The molecule has 1 saturated heterocycles. The molecular formula is C13H17ClN2O4S. The molecule has 8 heteroatoms. The second kappa shape index (κ2) is 6.74. The molecule has 0 atom stereocenters. The molecule has 0 saturated carbocycles. The first-order chi connectivity index (χ1) is 9.88. The maximum Gasteiger partial charge on any atom is 0.251 e. The number of amides is 1. The van der Waals surface area contributed by atoms with Gasteiger partial charge in [0.15, 0.2) is 0 Å². The van der Waals surface area contributed by atoms with Crippen molar-refractivity contribution in [3.63, 3.8) is 0 Å². The van der Waals surface area contributed by atoms with Gasteiger partial charge in [-0.2, -0.15) is 0 Å². The van der Waals surface area contributed by atoms with Crippen LogP contribution >= 0.6 is 11.6 Å². The molecule has 21 heavy (non-hydrogen) atoms. The van der Waals surface area contributed by atoms with Crippen LogP contribution in [-0.2, 0) is 14.8 Å². The number of rotatable bonds is 4. The molecule has 0 aliphatic carbocycles. The number of nitrogens with two attached hydrogens (primary N) is 1. The Balaban J connectivity index is 2.05. The lowest BCUT2D eigenvalue weighted by Crippen LogP contribution is -2.32. The average Bonchev–Trinajstić information content (AvgIpc) is 2.45. The molecule has 1 aliphatic rings. The molecule has 0 unspecified atom stereocenters. The Morgan fingerprint density at radius 2 is 2.05 bits per heavy atom. The molecule has 2 rings (SSSR count). The fourth-order valence-corrected chi connectivity index (χ4v) is 3.22. The lowest BCUT2D eigenvalue weighted by Gasteiger charge is -2.22. The van der Waals surface area contributed by atoms with E-state index in [9.17, 15) is 13.2 Å². The van der Waals surface area contributed by atoms with Gasteiger partial charge in [0.2, 0.25) is 10.0 Å². The molecular weight excluding hydrogens is 316 g/mol. The van der Waals surface area contributed by atoms with Crippen LogP contribution in [0.3, 0.4) is 0 Å². The fourth-order valence-electron chi connectivity index (χ4n) is 2.15.